The number of nitrogens with one attached hydrogen (secondary N) is 1. The summed E-state index contributed by atoms with van der Waals surface area (Å²) in [5, 5.41) is 2.81. The van der Waals surface area contributed by atoms with Crippen LogP contribution < -0.4 is 5.32 Å². The lowest BCUT2D eigenvalue weighted by atomic mass is 9.86. The van der Waals surface area contributed by atoms with Crippen molar-refractivity contribution in [3.05, 3.63) is 23.8 Å². The van der Waals surface area contributed by atoms with Crippen LogP contribution in [0.2, 0.25) is 0 Å². The molecular weight excluding hydrogens is 328 g/mol. The molecule has 1 aromatic rings. The van der Waals surface area contributed by atoms with Crippen LogP contribution in [0.5, 0.6) is 0 Å². The molecule has 2 heterocycles. The molecular formula is C18H25F2N3O2. The molecule has 2 aliphatic rings. The summed E-state index contributed by atoms with van der Waals surface area (Å²) in [5.41, 5.74) is 0.352. The van der Waals surface area contributed by atoms with Crippen molar-refractivity contribution in [2.45, 2.75) is 69.9 Å². The Bertz CT molecular complexity index is 591. The lowest BCUT2D eigenvalue weighted by Crippen LogP contribution is -2.35. The van der Waals surface area contributed by atoms with Crippen molar-refractivity contribution in [2.75, 3.05) is 6.61 Å². The van der Waals surface area contributed by atoms with Crippen molar-refractivity contribution in [1.82, 2.24) is 15.3 Å². The van der Waals surface area contributed by atoms with Gasteiger partial charge in [-0.1, -0.05) is 0 Å². The highest BCUT2D eigenvalue weighted by molar-refractivity contribution is 5.78. The molecule has 3 rings (SSSR count). The second kappa shape index (κ2) is 7.32. The minimum Gasteiger partial charge on any atom is -0.367 e. The molecule has 1 aliphatic heterocycles. The highest BCUT2D eigenvalue weighted by Gasteiger charge is 2.37. The number of amides is 1. The van der Waals surface area contributed by atoms with E-state index in [0.717, 1.165) is 31.4 Å². The molecule has 5 nitrogen and oxygen atoms in total. The number of aromatic nitrogens is 2. The van der Waals surface area contributed by atoms with Gasteiger partial charge in [0.25, 0.3) is 0 Å². The number of carbonyl (C=O) groups excluding carboxylic acids is 1. The normalized spacial score (nSPS) is 27.0. The first kappa shape index (κ1) is 18.2. The van der Waals surface area contributed by atoms with Gasteiger partial charge in [0.15, 0.2) is 5.82 Å². The van der Waals surface area contributed by atoms with Gasteiger partial charge in [0.05, 0.1) is 0 Å². The number of alkyl halides is 2. The fraction of sp³-hybridized carbons (Fsp3) is 0.722. The standard InChI is InChI=1S/C18H25F2N3O2/c1-17(6-2-3-9-25-17)16-22-11-13(12-23-16)10-21-15(24)14-4-7-18(19,20)8-5-14/h11-12,14H,2-10H2,1H3,(H,21,24). The molecule has 1 aliphatic carbocycles. The summed E-state index contributed by atoms with van der Waals surface area (Å²) in [6.07, 6.45) is 6.51. The first-order chi connectivity index (χ1) is 11.9. The first-order valence-electron chi connectivity index (χ1n) is 8.99. The maximum absolute atomic E-state index is 13.2. The number of halogens is 2. The Hall–Kier alpha value is -1.63. The zero-order valence-corrected chi connectivity index (χ0v) is 14.6. The van der Waals surface area contributed by atoms with Gasteiger partial charge in [-0.05, 0) is 39.0 Å². The Morgan fingerprint density at radius 2 is 1.92 bits per heavy atom. The van der Waals surface area contributed by atoms with Gasteiger partial charge in [0, 0.05) is 49.9 Å². The van der Waals surface area contributed by atoms with Gasteiger partial charge >= 0.3 is 0 Å². The molecule has 1 N–H and O–H groups in total. The Morgan fingerprint density at radius 3 is 2.52 bits per heavy atom. The van der Waals surface area contributed by atoms with Crippen molar-refractivity contribution in [2.24, 2.45) is 5.92 Å². The molecule has 1 atom stereocenters. The van der Waals surface area contributed by atoms with E-state index in [0.29, 0.717) is 12.4 Å². The minimum absolute atomic E-state index is 0.165. The second-order valence-electron chi connectivity index (χ2n) is 7.30. The van der Waals surface area contributed by atoms with Gasteiger partial charge < -0.3 is 10.1 Å². The molecule has 1 saturated carbocycles. The van der Waals surface area contributed by atoms with E-state index in [1.807, 2.05) is 6.92 Å². The molecule has 1 unspecified atom stereocenters. The summed E-state index contributed by atoms with van der Waals surface area (Å²) >= 11 is 0. The van der Waals surface area contributed by atoms with E-state index in [1.165, 1.54) is 0 Å². The van der Waals surface area contributed by atoms with Crippen molar-refractivity contribution in [3.63, 3.8) is 0 Å². The van der Waals surface area contributed by atoms with E-state index in [4.69, 9.17) is 4.74 Å². The van der Waals surface area contributed by atoms with Gasteiger partial charge in [0.2, 0.25) is 11.8 Å². The predicted molar refractivity (Wildman–Crippen MR) is 87.9 cm³/mol. The van der Waals surface area contributed by atoms with Crippen LogP contribution in [0.25, 0.3) is 0 Å². The summed E-state index contributed by atoms with van der Waals surface area (Å²) in [6, 6.07) is 0. The summed E-state index contributed by atoms with van der Waals surface area (Å²) in [6.45, 7) is 3.03. The van der Waals surface area contributed by atoms with Gasteiger partial charge in [-0.2, -0.15) is 0 Å². The Morgan fingerprint density at radius 1 is 1.24 bits per heavy atom. The largest absolute Gasteiger partial charge is 0.367 e. The minimum atomic E-state index is -2.61. The summed E-state index contributed by atoms with van der Waals surface area (Å²) in [7, 11) is 0. The number of rotatable bonds is 4. The predicted octanol–water partition coefficient (Wildman–Crippen LogP) is 3.33. The summed E-state index contributed by atoms with van der Waals surface area (Å²) in [4.78, 5) is 20.9. The topological polar surface area (TPSA) is 64.1 Å². The van der Waals surface area contributed by atoms with Crippen LogP contribution in [-0.2, 0) is 21.7 Å². The SMILES string of the molecule is CC1(c2ncc(CNC(=O)C3CCC(F)(F)CC3)cn2)CCCCO1. The van der Waals surface area contributed by atoms with Gasteiger partial charge in [-0.3, -0.25) is 4.79 Å². The second-order valence-corrected chi connectivity index (χ2v) is 7.30. The number of ether oxygens (including phenoxy) is 1. The van der Waals surface area contributed by atoms with E-state index in [2.05, 4.69) is 15.3 Å². The number of nitrogens with zero attached hydrogens (tertiary/aromatic N) is 2. The third-order valence-corrected chi connectivity index (χ3v) is 5.20. The quantitative estimate of drug-likeness (QED) is 0.902. The molecule has 25 heavy (non-hydrogen) atoms. The van der Waals surface area contributed by atoms with Gasteiger partial charge in [0.1, 0.15) is 5.60 Å². The van der Waals surface area contributed by atoms with Crippen molar-refractivity contribution in [3.8, 4) is 0 Å². The van der Waals surface area contributed by atoms with Crippen LogP contribution >= 0.6 is 0 Å². The third kappa shape index (κ3) is 4.51. The Labute approximate surface area is 146 Å². The maximum Gasteiger partial charge on any atom is 0.248 e. The van der Waals surface area contributed by atoms with E-state index in [-0.39, 0.29) is 37.5 Å². The monoisotopic (exact) mass is 353 g/mol. The first-order valence-corrected chi connectivity index (χ1v) is 8.99. The van der Waals surface area contributed by atoms with Gasteiger partial charge in [-0.25, -0.2) is 18.7 Å². The molecule has 1 amide bonds. The van der Waals surface area contributed by atoms with Gasteiger partial charge in [-0.15, -0.1) is 0 Å². The third-order valence-electron chi connectivity index (χ3n) is 5.20. The van der Waals surface area contributed by atoms with E-state index >= 15 is 0 Å². The smallest absolute Gasteiger partial charge is 0.248 e. The van der Waals surface area contributed by atoms with Crippen LogP contribution in [0.1, 0.15) is 63.3 Å². The molecule has 0 radical (unpaired) electrons. The average Bonchev–Trinajstić information content (AvgIpc) is 2.61. The summed E-state index contributed by atoms with van der Waals surface area (Å²) < 4.78 is 32.1. The highest BCUT2D eigenvalue weighted by Crippen LogP contribution is 2.36. The zero-order chi connectivity index (χ0) is 17.9. The van der Waals surface area contributed by atoms with E-state index < -0.39 is 11.5 Å². The molecule has 0 spiro atoms. The van der Waals surface area contributed by atoms with Crippen molar-refractivity contribution in [1.29, 1.82) is 0 Å². The molecule has 0 aromatic carbocycles. The average molecular weight is 353 g/mol. The van der Waals surface area contributed by atoms with Crippen LogP contribution in [0.3, 0.4) is 0 Å². The van der Waals surface area contributed by atoms with Crippen LogP contribution in [-0.4, -0.2) is 28.4 Å². The van der Waals surface area contributed by atoms with Crippen molar-refractivity contribution >= 4 is 5.91 Å². The molecule has 2 fully saturated rings. The molecule has 1 saturated heterocycles. The van der Waals surface area contributed by atoms with Crippen LogP contribution in [0, 0.1) is 5.92 Å². The Kier molecular flexibility index (Phi) is 5.32. The molecule has 138 valence electrons. The van der Waals surface area contributed by atoms with E-state index in [1.54, 1.807) is 12.4 Å². The molecule has 7 heteroatoms. The number of carbonyl (C=O) groups is 1. The maximum atomic E-state index is 13.2. The molecule has 1 aromatic heterocycles. The summed E-state index contributed by atoms with van der Waals surface area (Å²) in [5.74, 6) is -2.44. The fourth-order valence-corrected chi connectivity index (χ4v) is 3.47. The lowest BCUT2D eigenvalue weighted by Gasteiger charge is -2.32. The van der Waals surface area contributed by atoms with E-state index in [9.17, 15) is 13.6 Å². The lowest BCUT2D eigenvalue weighted by molar-refractivity contribution is -0.129. The number of hydrogen-bond acceptors (Lipinski definition) is 4. The highest BCUT2D eigenvalue weighted by atomic mass is 19.3. The van der Waals surface area contributed by atoms with Crippen LogP contribution in [0.4, 0.5) is 8.78 Å². The van der Waals surface area contributed by atoms with Crippen molar-refractivity contribution < 1.29 is 18.3 Å². The molecule has 0 bridgehead atoms. The number of hydrogen-bond donors (Lipinski definition) is 1. The zero-order valence-electron chi connectivity index (χ0n) is 14.6. The Balaban J connectivity index is 1.51. The van der Waals surface area contributed by atoms with Crippen LogP contribution in [0.15, 0.2) is 12.4 Å². The fourth-order valence-electron chi connectivity index (χ4n) is 3.47.